The standard InChI is InChI=1S/C16H14FN3O7S/c17-10-1-3-11(4-2-10)18-15(22)8-28(26,27)9-16(23)19-13-7-12(20(24)25)5-6-14(13)21/h1-7,21H,8-9H2,(H,18,22)(H,19,23). The second kappa shape index (κ2) is 8.43. The van der Waals surface area contributed by atoms with Crippen LogP contribution in [0.15, 0.2) is 42.5 Å². The number of nitrogens with one attached hydrogen (secondary N) is 2. The number of halogens is 1. The number of sulfone groups is 1. The van der Waals surface area contributed by atoms with E-state index in [2.05, 4.69) is 5.32 Å². The fourth-order valence-electron chi connectivity index (χ4n) is 2.10. The van der Waals surface area contributed by atoms with Gasteiger partial charge in [-0.2, -0.15) is 0 Å². The first-order valence-corrected chi connectivity index (χ1v) is 9.41. The van der Waals surface area contributed by atoms with Gasteiger partial charge < -0.3 is 15.7 Å². The number of anilines is 2. The van der Waals surface area contributed by atoms with E-state index < -0.39 is 55.3 Å². The summed E-state index contributed by atoms with van der Waals surface area (Å²) in [7, 11) is -4.18. The maximum atomic E-state index is 12.8. The number of phenols is 1. The highest BCUT2D eigenvalue weighted by atomic mass is 32.2. The molecule has 0 unspecified atom stereocenters. The van der Waals surface area contributed by atoms with Gasteiger partial charge in [-0.15, -0.1) is 0 Å². The Kier molecular flexibility index (Phi) is 6.26. The van der Waals surface area contributed by atoms with E-state index in [0.717, 1.165) is 30.3 Å². The van der Waals surface area contributed by atoms with Crippen LogP contribution in [0, 0.1) is 15.9 Å². The molecule has 0 radical (unpaired) electrons. The number of hydrogen-bond donors (Lipinski definition) is 3. The number of amides is 2. The summed E-state index contributed by atoms with van der Waals surface area (Å²) in [5.74, 6) is -5.16. The lowest BCUT2D eigenvalue weighted by molar-refractivity contribution is -0.384. The average molecular weight is 411 g/mol. The normalized spacial score (nSPS) is 10.9. The van der Waals surface area contributed by atoms with Gasteiger partial charge in [-0.1, -0.05) is 0 Å². The van der Waals surface area contributed by atoms with Crippen LogP contribution < -0.4 is 10.6 Å². The molecule has 0 atom stereocenters. The Bertz CT molecular complexity index is 1020. The zero-order valence-corrected chi connectivity index (χ0v) is 14.9. The molecule has 3 N–H and O–H groups in total. The van der Waals surface area contributed by atoms with Crippen LogP contribution in [0.4, 0.5) is 21.5 Å². The smallest absolute Gasteiger partial charge is 0.271 e. The molecule has 0 saturated carbocycles. The van der Waals surface area contributed by atoms with E-state index in [1.165, 1.54) is 12.1 Å². The number of nitro groups is 1. The second-order valence-electron chi connectivity index (χ2n) is 5.59. The van der Waals surface area contributed by atoms with Crippen LogP contribution >= 0.6 is 0 Å². The first kappa shape index (κ1) is 20.8. The molecule has 0 aliphatic rings. The lowest BCUT2D eigenvalue weighted by atomic mass is 10.2. The SMILES string of the molecule is O=C(CS(=O)(=O)CC(=O)Nc1cc([N+](=O)[O-])ccc1O)Nc1ccc(F)cc1. The summed E-state index contributed by atoms with van der Waals surface area (Å²) >= 11 is 0. The Labute approximate surface area is 158 Å². The van der Waals surface area contributed by atoms with E-state index in [0.29, 0.717) is 0 Å². The Morgan fingerprint density at radius 3 is 2.18 bits per heavy atom. The molecular weight excluding hydrogens is 397 g/mol. The molecule has 2 amide bonds. The van der Waals surface area contributed by atoms with Crippen molar-refractivity contribution in [3.8, 4) is 5.75 Å². The minimum atomic E-state index is -4.18. The van der Waals surface area contributed by atoms with Crippen molar-refractivity contribution in [3.63, 3.8) is 0 Å². The minimum Gasteiger partial charge on any atom is -0.506 e. The van der Waals surface area contributed by atoms with Gasteiger partial charge in [0, 0.05) is 17.8 Å². The van der Waals surface area contributed by atoms with Crippen molar-refractivity contribution < 1.29 is 32.4 Å². The summed E-state index contributed by atoms with van der Waals surface area (Å²) in [6.45, 7) is 0. The fraction of sp³-hybridized carbons (Fsp3) is 0.125. The highest BCUT2D eigenvalue weighted by Crippen LogP contribution is 2.27. The van der Waals surface area contributed by atoms with Crippen molar-refractivity contribution in [1.82, 2.24) is 0 Å². The molecule has 148 valence electrons. The van der Waals surface area contributed by atoms with Crippen LogP contribution in [0.3, 0.4) is 0 Å². The maximum absolute atomic E-state index is 12.8. The number of non-ortho nitro benzene ring substituents is 1. The number of rotatable bonds is 7. The van der Waals surface area contributed by atoms with Crippen LogP contribution in [-0.4, -0.2) is 41.8 Å². The lowest BCUT2D eigenvalue weighted by Crippen LogP contribution is -2.30. The van der Waals surface area contributed by atoms with Crippen molar-refractivity contribution in [3.05, 3.63) is 58.4 Å². The van der Waals surface area contributed by atoms with E-state index in [1.54, 1.807) is 0 Å². The number of carbonyl (C=O) groups excluding carboxylic acids is 2. The largest absolute Gasteiger partial charge is 0.506 e. The summed E-state index contributed by atoms with van der Waals surface area (Å²) in [6, 6.07) is 7.45. The van der Waals surface area contributed by atoms with Crippen molar-refractivity contribution in [2.75, 3.05) is 22.1 Å². The molecule has 0 saturated heterocycles. The van der Waals surface area contributed by atoms with Crippen LogP contribution in [0.1, 0.15) is 0 Å². The molecule has 2 aromatic rings. The fourth-order valence-corrected chi connectivity index (χ4v) is 3.15. The number of hydrogen-bond acceptors (Lipinski definition) is 7. The lowest BCUT2D eigenvalue weighted by Gasteiger charge is -2.08. The summed E-state index contributed by atoms with van der Waals surface area (Å²) in [5, 5.41) is 24.6. The Hall–Kier alpha value is -3.54. The molecule has 10 nitrogen and oxygen atoms in total. The number of carbonyl (C=O) groups is 2. The third kappa shape index (κ3) is 6.02. The van der Waals surface area contributed by atoms with Crippen molar-refractivity contribution in [2.45, 2.75) is 0 Å². The molecule has 0 aromatic heterocycles. The monoisotopic (exact) mass is 411 g/mol. The van der Waals surface area contributed by atoms with Crippen LogP contribution in [-0.2, 0) is 19.4 Å². The number of nitrogens with zero attached hydrogens (tertiary/aromatic N) is 1. The molecule has 2 aromatic carbocycles. The van der Waals surface area contributed by atoms with E-state index >= 15 is 0 Å². The summed E-state index contributed by atoms with van der Waals surface area (Å²) in [5.41, 5.74) is -0.590. The van der Waals surface area contributed by atoms with Crippen LogP contribution in [0.5, 0.6) is 5.75 Å². The predicted molar refractivity (Wildman–Crippen MR) is 97.1 cm³/mol. The second-order valence-corrected chi connectivity index (χ2v) is 7.66. The number of nitro benzene ring substituents is 1. The highest BCUT2D eigenvalue weighted by Gasteiger charge is 2.22. The third-order valence-electron chi connectivity index (χ3n) is 3.30. The van der Waals surface area contributed by atoms with Gasteiger partial charge >= 0.3 is 0 Å². The maximum Gasteiger partial charge on any atom is 0.271 e. The first-order valence-electron chi connectivity index (χ1n) is 7.59. The van der Waals surface area contributed by atoms with Crippen molar-refractivity contribution >= 4 is 38.7 Å². The quantitative estimate of drug-likeness (QED) is 0.353. The topological polar surface area (TPSA) is 156 Å². The van der Waals surface area contributed by atoms with Gasteiger partial charge in [0.05, 0.1) is 10.6 Å². The van der Waals surface area contributed by atoms with Crippen molar-refractivity contribution in [2.24, 2.45) is 0 Å². The van der Waals surface area contributed by atoms with E-state index in [4.69, 9.17) is 0 Å². The molecule has 0 bridgehead atoms. The summed E-state index contributed by atoms with van der Waals surface area (Å²) in [4.78, 5) is 33.7. The van der Waals surface area contributed by atoms with Gasteiger partial charge in [-0.05, 0) is 30.3 Å². The Balaban J connectivity index is 1.98. The molecular formula is C16H14FN3O7S. The molecule has 28 heavy (non-hydrogen) atoms. The van der Waals surface area contributed by atoms with Gasteiger partial charge in [0.1, 0.15) is 23.1 Å². The zero-order valence-electron chi connectivity index (χ0n) is 14.1. The van der Waals surface area contributed by atoms with E-state index in [9.17, 15) is 37.6 Å². The van der Waals surface area contributed by atoms with Gasteiger partial charge in [0.2, 0.25) is 11.8 Å². The Morgan fingerprint density at radius 1 is 1.04 bits per heavy atom. The van der Waals surface area contributed by atoms with Crippen molar-refractivity contribution in [1.29, 1.82) is 0 Å². The van der Waals surface area contributed by atoms with E-state index in [1.807, 2.05) is 5.32 Å². The molecule has 0 spiro atoms. The average Bonchev–Trinajstić information content (AvgIpc) is 2.57. The van der Waals surface area contributed by atoms with Crippen LogP contribution in [0.25, 0.3) is 0 Å². The Morgan fingerprint density at radius 2 is 1.61 bits per heavy atom. The summed E-state index contributed by atoms with van der Waals surface area (Å²) in [6.07, 6.45) is 0. The molecule has 0 aliphatic heterocycles. The van der Waals surface area contributed by atoms with E-state index in [-0.39, 0.29) is 11.4 Å². The van der Waals surface area contributed by atoms with Gasteiger partial charge in [-0.25, -0.2) is 12.8 Å². The molecule has 0 heterocycles. The van der Waals surface area contributed by atoms with Gasteiger partial charge in [0.25, 0.3) is 5.69 Å². The highest BCUT2D eigenvalue weighted by molar-refractivity contribution is 7.92. The number of phenolic OH excluding ortho intramolecular Hbond substituents is 1. The first-order chi connectivity index (χ1) is 13.1. The van der Waals surface area contributed by atoms with Gasteiger partial charge in [0.15, 0.2) is 9.84 Å². The molecule has 0 aliphatic carbocycles. The van der Waals surface area contributed by atoms with Crippen LogP contribution in [0.2, 0.25) is 0 Å². The predicted octanol–water partition coefficient (Wildman–Crippen LogP) is 1.43. The molecule has 2 rings (SSSR count). The number of aromatic hydroxyl groups is 1. The van der Waals surface area contributed by atoms with Gasteiger partial charge in [-0.3, -0.25) is 19.7 Å². The number of benzene rings is 2. The summed E-state index contributed by atoms with van der Waals surface area (Å²) < 4.78 is 36.8. The molecule has 0 fully saturated rings. The third-order valence-corrected chi connectivity index (χ3v) is 4.70. The zero-order chi connectivity index (χ0) is 20.9. The minimum absolute atomic E-state index is 0.174. The molecule has 12 heteroatoms.